The average molecular weight is 305 g/mol. The maximum atomic E-state index is 12.0. The molecule has 0 saturated carbocycles. The molecule has 1 N–H and O–H groups in total. The number of rotatable bonds is 6. The van der Waals surface area contributed by atoms with E-state index in [9.17, 15) is 13.2 Å². The van der Waals surface area contributed by atoms with Gasteiger partial charge in [-0.1, -0.05) is 0 Å². The molecule has 0 atom stereocenters. The Balaban J connectivity index is 1.90. The minimum absolute atomic E-state index is 0.0419. The van der Waals surface area contributed by atoms with Gasteiger partial charge in [0, 0.05) is 20.1 Å². The number of aromatic nitrogens is 2. The number of alkyl halides is 3. The standard InChI is InChI=1S/C12H14F3N3OS/c1-16-10-8-3-6-20-11(8)18-9(17-10)7-19-5-2-4-12(13,14)15/h3,6H,2,4-5,7H2,1H3,(H,16,17,18). The van der Waals surface area contributed by atoms with E-state index in [2.05, 4.69) is 15.3 Å². The van der Waals surface area contributed by atoms with E-state index >= 15 is 0 Å². The summed E-state index contributed by atoms with van der Waals surface area (Å²) < 4.78 is 41.1. The van der Waals surface area contributed by atoms with E-state index in [1.165, 1.54) is 11.3 Å². The molecule has 0 aliphatic heterocycles. The zero-order chi connectivity index (χ0) is 14.6. The molecule has 0 bridgehead atoms. The summed E-state index contributed by atoms with van der Waals surface area (Å²) in [6.07, 6.45) is -5.02. The molecule has 0 aliphatic rings. The Morgan fingerprint density at radius 1 is 1.35 bits per heavy atom. The van der Waals surface area contributed by atoms with E-state index in [1.807, 2.05) is 11.4 Å². The van der Waals surface area contributed by atoms with Crippen molar-refractivity contribution in [1.82, 2.24) is 9.97 Å². The summed E-state index contributed by atoms with van der Waals surface area (Å²) in [4.78, 5) is 9.42. The number of hydrogen-bond acceptors (Lipinski definition) is 5. The van der Waals surface area contributed by atoms with Crippen molar-refractivity contribution in [3.8, 4) is 0 Å². The van der Waals surface area contributed by atoms with E-state index < -0.39 is 12.6 Å². The van der Waals surface area contributed by atoms with Crippen molar-refractivity contribution in [3.05, 3.63) is 17.3 Å². The molecule has 20 heavy (non-hydrogen) atoms. The first-order valence-electron chi connectivity index (χ1n) is 6.06. The highest BCUT2D eigenvalue weighted by Crippen LogP contribution is 2.25. The second-order valence-electron chi connectivity index (χ2n) is 4.15. The molecular formula is C12H14F3N3OS. The summed E-state index contributed by atoms with van der Waals surface area (Å²) in [5.41, 5.74) is 0. The first-order chi connectivity index (χ1) is 9.49. The van der Waals surface area contributed by atoms with E-state index in [-0.39, 0.29) is 19.6 Å². The number of ether oxygens (including phenoxy) is 1. The zero-order valence-corrected chi connectivity index (χ0v) is 11.6. The van der Waals surface area contributed by atoms with Gasteiger partial charge in [-0.2, -0.15) is 13.2 Å². The van der Waals surface area contributed by atoms with Gasteiger partial charge >= 0.3 is 6.18 Å². The largest absolute Gasteiger partial charge is 0.389 e. The van der Waals surface area contributed by atoms with Gasteiger partial charge in [0.2, 0.25) is 0 Å². The Hall–Kier alpha value is -1.41. The van der Waals surface area contributed by atoms with Crippen molar-refractivity contribution >= 4 is 27.4 Å². The number of halogens is 3. The van der Waals surface area contributed by atoms with Crippen molar-refractivity contribution in [1.29, 1.82) is 0 Å². The van der Waals surface area contributed by atoms with Crippen LogP contribution in [-0.2, 0) is 11.3 Å². The fraction of sp³-hybridized carbons (Fsp3) is 0.500. The quantitative estimate of drug-likeness (QED) is 0.829. The highest BCUT2D eigenvalue weighted by molar-refractivity contribution is 7.16. The first kappa shape index (κ1) is 15.0. The maximum Gasteiger partial charge on any atom is 0.389 e. The second kappa shape index (κ2) is 6.36. The number of fused-ring (bicyclic) bond motifs is 1. The summed E-state index contributed by atoms with van der Waals surface area (Å²) in [6, 6.07) is 1.92. The molecule has 0 fully saturated rings. The smallest absolute Gasteiger partial charge is 0.373 e. The Labute approximate surface area is 118 Å². The molecule has 0 aromatic carbocycles. The third-order valence-electron chi connectivity index (χ3n) is 2.59. The van der Waals surface area contributed by atoms with Gasteiger partial charge in [0.25, 0.3) is 0 Å². The van der Waals surface area contributed by atoms with Crippen LogP contribution in [0.3, 0.4) is 0 Å². The maximum absolute atomic E-state index is 12.0. The lowest BCUT2D eigenvalue weighted by Crippen LogP contribution is -2.09. The predicted molar refractivity (Wildman–Crippen MR) is 71.9 cm³/mol. The molecule has 2 aromatic heterocycles. The van der Waals surface area contributed by atoms with Crippen LogP contribution < -0.4 is 5.32 Å². The van der Waals surface area contributed by atoms with Crippen molar-refractivity contribution in [2.75, 3.05) is 19.0 Å². The number of anilines is 1. The van der Waals surface area contributed by atoms with Crippen molar-refractivity contribution in [3.63, 3.8) is 0 Å². The van der Waals surface area contributed by atoms with Gasteiger partial charge in [0.05, 0.1) is 5.39 Å². The summed E-state index contributed by atoms with van der Waals surface area (Å²) in [7, 11) is 1.76. The topological polar surface area (TPSA) is 47.0 Å². The van der Waals surface area contributed by atoms with Crippen LogP contribution in [0.1, 0.15) is 18.7 Å². The van der Waals surface area contributed by atoms with Crippen LogP contribution in [0, 0.1) is 0 Å². The highest BCUT2D eigenvalue weighted by Gasteiger charge is 2.25. The Morgan fingerprint density at radius 3 is 2.85 bits per heavy atom. The Morgan fingerprint density at radius 2 is 2.15 bits per heavy atom. The van der Waals surface area contributed by atoms with Crippen molar-refractivity contribution in [2.45, 2.75) is 25.6 Å². The van der Waals surface area contributed by atoms with Crippen molar-refractivity contribution < 1.29 is 17.9 Å². The van der Waals surface area contributed by atoms with Gasteiger partial charge in [0.15, 0.2) is 5.82 Å². The molecule has 4 nitrogen and oxygen atoms in total. The third kappa shape index (κ3) is 4.04. The molecule has 110 valence electrons. The normalized spacial score (nSPS) is 12.0. The molecule has 8 heteroatoms. The van der Waals surface area contributed by atoms with Gasteiger partial charge in [-0.3, -0.25) is 0 Å². The van der Waals surface area contributed by atoms with Crippen molar-refractivity contribution in [2.24, 2.45) is 0 Å². The minimum Gasteiger partial charge on any atom is -0.373 e. The Bertz CT molecular complexity index is 571. The molecule has 0 aliphatic carbocycles. The van der Waals surface area contributed by atoms with Gasteiger partial charge in [0.1, 0.15) is 17.3 Å². The van der Waals surface area contributed by atoms with Gasteiger partial charge < -0.3 is 10.1 Å². The van der Waals surface area contributed by atoms with Crippen LogP contribution in [0.5, 0.6) is 0 Å². The SMILES string of the molecule is CNc1nc(COCCCC(F)(F)F)nc2sccc12. The van der Waals surface area contributed by atoms with E-state index in [4.69, 9.17) is 4.74 Å². The zero-order valence-electron chi connectivity index (χ0n) is 10.8. The van der Waals surface area contributed by atoms with Crippen LogP contribution in [-0.4, -0.2) is 29.8 Å². The molecule has 0 saturated heterocycles. The van der Waals surface area contributed by atoms with Crippen LogP contribution in [0.25, 0.3) is 10.2 Å². The number of thiophene rings is 1. The lowest BCUT2D eigenvalue weighted by molar-refractivity contribution is -0.138. The fourth-order valence-corrected chi connectivity index (χ4v) is 2.48. The Kier molecular flexibility index (Phi) is 4.77. The average Bonchev–Trinajstić information content (AvgIpc) is 2.84. The number of hydrogen-bond donors (Lipinski definition) is 1. The predicted octanol–water partition coefficient (Wildman–Crippen LogP) is 3.59. The molecule has 0 amide bonds. The monoisotopic (exact) mass is 305 g/mol. The van der Waals surface area contributed by atoms with E-state index in [0.29, 0.717) is 11.6 Å². The number of nitrogens with zero attached hydrogens (tertiary/aromatic N) is 2. The summed E-state index contributed by atoms with van der Waals surface area (Å²) in [5.74, 6) is 1.17. The summed E-state index contributed by atoms with van der Waals surface area (Å²) >= 11 is 1.48. The molecule has 0 radical (unpaired) electrons. The number of nitrogens with one attached hydrogen (secondary N) is 1. The fourth-order valence-electron chi connectivity index (χ4n) is 1.69. The molecule has 0 spiro atoms. The molecule has 2 aromatic rings. The second-order valence-corrected chi connectivity index (χ2v) is 5.04. The first-order valence-corrected chi connectivity index (χ1v) is 6.94. The van der Waals surface area contributed by atoms with Gasteiger partial charge in [-0.15, -0.1) is 11.3 Å². The molecule has 0 unspecified atom stereocenters. The van der Waals surface area contributed by atoms with Crippen LogP contribution in [0.2, 0.25) is 0 Å². The molecular weight excluding hydrogens is 291 g/mol. The molecule has 2 heterocycles. The highest BCUT2D eigenvalue weighted by atomic mass is 32.1. The lowest BCUT2D eigenvalue weighted by Gasteiger charge is -2.07. The van der Waals surface area contributed by atoms with E-state index in [0.717, 1.165) is 10.2 Å². The third-order valence-corrected chi connectivity index (χ3v) is 3.39. The van der Waals surface area contributed by atoms with Crippen LogP contribution >= 0.6 is 11.3 Å². The molecule has 2 rings (SSSR count). The van der Waals surface area contributed by atoms with Crippen LogP contribution in [0.4, 0.5) is 19.0 Å². The lowest BCUT2D eigenvalue weighted by atomic mass is 10.3. The summed E-state index contributed by atoms with van der Waals surface area (Å²) in [6.45, 7) is 0.153. The van der Waals surface area contributed by atoms with E-state index in [1.54, 1.807) is 7.05 Å². The van der Waals surface area contributed by atoms with Gasteiger partial charge in [-0.25, -0.2) is 9.97 Å². The van der Waals surface area contributed by atoms with Crippen LogP contribution in [0.15, 0.2) is 11.4 Å². The minimum atomic E-state index is -4.13. The van der Waals surface area contributed by atoms with Gasteiger partial charge in [-0.05, 0) is 17.9 Å². The summed E-state index contributed by atoms with van der Waals surface area (Å²) in [5, 5.41) is 5.81.